The molecule has 0 aliphatic rings. The van der Waals surface area contributed by atoms with Gasteiger partial charge >= 0.3 is 0 Å². The van der Waals surface area contributed by atoms with Crippen LogP contribution in [-0.2, 0) is 6.42 Å². The highest BCUT2D eigenvalue weighted by Crippen LogP contribution is 2.21. The third kappa shape index (κ3) is 2.78. The van der Waals surface area contributed by atoms with Gasteiger partial charge in [0.25, 0.3) is 0 Å². The lowest BCUT2D eigenvalue weighted by molar-refractivity contribution is 0.183. The fourth-order valence-corrected chi connectivity index (χ4v) is 1.36. The lowest BCUT2D eigenvalue weighted by atomic mass is 10.1. The maximum Gasteiger partial charge on any atom is 0.166 e. The van der Waals surface area contributed by atoms with Crippen LogP contribution in [0.15, 0.2) is 6.07 Å². The quantitative estimate of drug-likeness (QED) is 0.783. The topological polar surface area (TPSA) is 59.1 Å². The molecule has 0 amide bonds. The molecule has 1 aromatic heterocycles. The van der Waals surface area contributed by atoms with E-state index in [0.29, 0.717) is 5.56 Å². The van der Waals surface area contributed by atoms with E-state index in [1.165, 1.54) is 0 Å². The number of nitrogens with two attached hydrogens (primary N) is 1. The van der Waals surface area contributed by atoms with Crippen LogP contribution < -0.4 is 5.73 Å². The van der Waals surface area contributed by atoms with Gasteiger partial charge in [-0.2, -0.15) is 0 Å². The summed E-state index contributed by atoms with van der Waals surface area (Å²) in [7, 11) is 0. The summed E-state index contributed by atoms with van der Waals surface area (Å²) >= 11 is 11.1. The zero-order chi connectivity index (χ0) is 10.7. The van der Waals surface area contributed by atoms with Crippen LogP contribution in [0.3, 0.4) is 0 Å². The van der Waals surface area contributed by atoms with Crippen molar-refractivity contribution in [3.8, 4) is 0 Å². The molecular formula is C8H9Cl2FN2O. The van der Waals surface area contributed by atoms with E-state index in [1.54, 1.807) is 0 Å². The maximum absolute atomic E-state index is 12.9. The van der Waals surface area contributed by atoms with Crippen LogP contribution in [0.5, 0.6) is 0 Å². The van der Waals surface area contributed by atoms with E-state index in [0.717, 1.165) is 6.07 Å². The van der Waals surface area contributed by atoms with Crippen LogP contribution in [-0.4, -0.2) is 22.7 Å². The Bertz CT molecular complexity index is 335. The first-order valence-corrected chi connectivity index (χ1v) is 4.68. The average molecular weight is 239 g/mol. The van der Waals surface area contributed by atoms with Gasteiger partial charge in [0, 0.05) is 13.0 Å². The molecule has 1 atom stereocenters. The van der Waals surface area contributed by atoms with Gasteiger partial charge in [0.1, 0.15) is 5.15 Å². The van der Waals surface area contributed by atoms with E-state index in [1.807, 2.05) is 0 Å². The predicted molar refractivity (Wildman–Crippen MR) is 53.0 cm³/mol. The van der Waals surface area contributed by atoms with Crippen molar-refractivity contribution in [1.29, 1.82) is 0 Å². The largest absolute Gasteiger partial charge is 0.391 e. The summed E-state index contributed by atoms with van der Waals surface area (Å²) in [6.07, 6.45) is -0.592. The minimum absolute atomic E-state index is 0.0839. The van der Waals surface area contributed by atoms with Crippen LogP contribution >= 0.6 is 23.2 Å². The van der Waals surface area contributed by atoms with E-state index >= 15 is 0 Å². The highest BCUT2D eigenvalue weighted by Gasteiger charge is 2.11. The minimum atomic E-state index is -0.755. The molecule has 0 fully saturated rings. The Morgan fingerprint density at radius 1 is 1.50 bits per heavy atom. The summed E-state index contributed by atoms with van der Waals surface area (Å²) in [6, 6.07) is 1.15. The molecule has 14 heavy (non-hydrogen) atoms. The third-order valence-electron chi connectivity index (χ3n) is 1.69. The number of hydrogen-bond acceptors (Lipinski definition) is 3. The van der Waals surface area contributed by atoms with Crippen molar-refractivity contribution >= 4 is 23.2 Å². The number of nitrogens with zero attached hydrogens (tertiary/aromatic N) is 1. The lowest BCUT2D eigenvalue weighted by Crippen LogP contribution is -2.22. The summed E-state index contributed by atoms with van der Waals surface area (Å²) < 4.78 is 12.9. The standard InChI is InChI=1S/C8H9Cl2FN2O/c9-7-4(1-5(14)3-12)2-6(11)8(10)13-7/h2,5,14H,1,3,12H2. The molecule has 3 nitrogen and oxygen atoms in total. The van der Waals surface area contributed by atoms with Crippen molar-refractivity contribution in [2.45, 2.75) is 12.5 Å². The summed E-state index contributed by atoms with van der Waals surface area (Å²) in [5.41, 5.74) is 5.60. The normalized spacial score (nSPS) is 12.9. The van der Waals surface area contributed by atoms with Crippen molar-refractivity contribution in [3.63, 3.8) is 0 Å². The van der Waals surface area contributed by atoms with Gasteiger partial charge < -0.3 is 10.8 Å². The second-order valence-electron chi connectivity index (χ2n) is 2.80. The molecule has 0 spiro atoms. The number of hydrogen-bond donors (Lipinski definition) is 2. The second-order valence-corrected chi connectivity index (χ2v) is 3.52. The van der Waals surface area contributed by atoms with Crippen LogP contribution in [0.4, 0.5) is 4.39 Å². The molecule has 1 rings (SSSR count). The molecule has 3 N–H and O–H groups in total. The van der Waals surface area contributed by atoms with Gasteiger partial charge in [0.2, 0.25) is 0 Å². The van der Waals surface area contributed by atoms with Crippen LogP contribution in [0.25, 0.3) is 0 Å². The number of aliphatic hydroxyl groups excluding tert-OH is 1. The van der Waals surface area contributed by atoms with Crippen molar-refractivity contribution in [2.24, 2.45) is 5.73 Å². The molecule has 0 aliphatic heterocycles. The van der Waals surface area contributed by atoms with Crippen molar-refractivity contribution in [2.75, 3.05) is 6.54 Å². The molecule has 6 heteroatoms. The zero-order valence-corrected chi connectivity index (χ0v) is 8.69. The average Bonchev–Trinajstić information content (AvgIpc) is 2.14. The molecule has 0 saturated carbocycles. The van der Waals surface area contributed by atoms with Gasteiger partial charge in [-0.1, -0.05) is 23.2 Å². The molecule has 0 saturated heterocycles. The van der Waals surface area contributed by atoms with Gasteiger partial charge in [-0.05, 0) is 11.6 Å². The monoisotopic (exact) mass is 238 g/mol. The molecule has 1 unspecified atom stereocenters. The maximum atomic E-state index is 12.9. The first kappa shape index (κ1) is 11.7. The molecule has 0 bridgehead atoms. The summed E-state index contributed by atoms with van der Waals surface area (Å²) in [6.45, 7) is 0.0839. The Morgan fingerprint density at radius 2 is 2.14 bits per heavy atom. The fraction of sp³-hybridized carbons (Fsp3) is 0.375. The summed E-state index contributed by atoms with van der Waals surface area (Å²) in [5, 5.41) is 9.04. The highest BCUT2D eigenvalue weighted by molar-refractivity contribution is 6.32. The summed E-state index contributed by atoms with van der Waals surface area (Å²) in [5.74, 6) is -0.657. The van der Waals surface area contributed by atoms with Crippen molar-refractivity contribution < 1.29 is 9.50 Å². The van der Waals surface area contributed by atoms with E-state index in [-0.39, 0.29) is 23.3 Å². The highest BCUT2D eigenvalue weighted by atomic mass is 35.5. The van der Waals surface area contributed by atoms with Crippen LogP contribution in [0.1, 0.15) is 5.56 Å². The van der Waals surface area contributed by atoms with Gasteiger partial charge in [-0.15, -0.1) is 0 Å². The summed E-state index contributed by atoms with van der Waals surface area (Å²) in [4.78, 5) is 3.56. The van der Waals surface area contributed by atoms with E-state index < -0.39 is 11.9 Å². The first-order chi connectivity index (χ1) is 6.54. The molecule has 0 aromatic carbocycles. The SMILES string of the molecule is NCC(O)Cc1cc(F)c(Cl)nc1Cl. The van der Waals surface area contributed by atoms with Gasteiger partial charge in [-0.25, -0.2) is 9.37 Å². The zero-order valence-electron chi connectivity index (χ0n) is 7.17. The molecular weight excluding hydrogens is 230 g/mol. The van der Waals surface area contributed by atoms with Crippen LogP contribution in [0.2, 0.25) is 10.3 Å². The van der Waals surface area contributed by atoms with Crippen molar-refractivity contribution in [3.05, 3.63) is 27.8 Å². The number of rotatable bonds is 3. The molecule has 0 radical (unpaired) electrons. The predicted octanol–water partition coefficient (Wildman–Crippen LogP) is 1.39. The Kier molecular flexibility index (Phi) is 4.07. The number of aromatic nitrogens is 1. The first-order valence-electron chi connectivity index (χ1n) is 3.93. The molecule has 0 aliphatic carbocycles. The van der Waals surface area contributed by atoms with Gasteiger partial charge in [0.05, 0.1) is 6.10 Å². The van der Waals surface area contributed by atoms with E-state index in [2.05, 4.69) is 4.98 Å². The number of halogens is 3. The van der Waals surface area contributed by atoms with Gasteiger partial charge in [0.15, 0.2) is 11.0 Å². The third-order valence-corrected chi connectivity index (χ3v) is 2.28. The molecule has 78 valence electrons. The molecule has 1 aromatic rings. The molecule has 1 heterocycles. The Balaban J connectivity index is 2.92. The second kappa shape index (κ2) is 4.89. The minimum Gasteiger partial charge on any atom is -0.391 e. The van der Waals surface area contributed by atoms with E-state index in [9.17, 15) is 9.50 Å². The smallest absolute Gasteiger partial charge is 0.166 e. The Hall–Kier alpha value is -0.420. The van der Waals surface area contributed by atoms with Gasteiger partial charge in [-0.3, -0.25) is 0 Å². The number of pyridine rings is 1. The lowest BCUT2D eigenvalue weighted by Gasteiger charge is -2.09. The Labute approximate surface area is 90.7 Å². The fourth-order valence-electron chi connectivity index (χ4n) is 0.964. The Morgan fingerprint density at radius 3 is 2.71 bits per heavy atom. The van der Waals surface area contributed by atoms with Crippen molar-refractivity contribution in [1.82, 2.24) is 4.98 Å². The van der Waals surface area contributed by atoms with Crippen LogP contribution in [0, 0.1) is 5.82 Å². The number of aliphatic hydroxyl groups is 1. The van der Waals surface area contributed by atoms with E-state index in [4.69, 9.17) is 28.9 Å².